The number of rotatable bonds is 0. The highest BCUT2D eigenvalue weighted by Crippen LogP contribution is 2.41. The first kappa shape index (κ1) is 12.3. The monoisotopic (exact) mass is 274 g/mol. The normalized spacial score (nSPS) is 16.9. The molecule has 2 heteroatoms. The Morgan fingerprint density at radius 1 is 0.714 bits per heavy atom. The van der Waals surface area contributed by atoms with Gasteiger partial charge in [-0.15, -0.1) is 0 Å². The van der Waals surface area contributed by atoms with E-state index in [1.54, 1.807) is 0 Å². The SMILES string of the molecule is CC1(C)C=Cc2cc3c(cc2C=C1)Nc1ccccc1N3. The number of hydrogen-bond donors (Lipinski definition) is 2. The van der Waals surface area contributed by atoms with Gasteiger partial charge in [0.25, 0.3) is 0 Å². The predicted octanol–water partition coefficient (Wildman–Crippen LogP) is 5.55. The molecule has 0 spiro atoms. The molecular formula is C19H18N2. The zero-order valence-corrected chi connectivity index (χ0v) is 12.3. The van der Waals surface area contributed by atoms with Crippen LogP contribution in [0.3, 0.4) is 0 Å². The van der Waals surface area contributed by atoms with E-state index in [0.29, 0.717) is 0 Å². The van der Waals surface area contributed by atoms with Crippen LogP contribution in [0, 0.1) is 5.41 Å². The van der Waals surface area contributed by atoms with Crippen LogP contribution in [0.25, 0.3) is 12.2 Å². The van der Waals surface area contributed by atoms with Gasteiger partial charge in [0.2, 0.25) is 0 Å². The molecule has 2 aliphatic rings. The Labute approximate surface area is 125 Å². The number of fused-ring (bicyclic) bond motifs is 3. The molecule has 0 aromatic heterocycles. The first-order valence-corrected chi connectivity index (χ1v) is 7.30. The summed E-state index contributed by atoms with van der Waals surface area (Å²) in [5.74, 6) is 0. The van der Waals surface area contributed by atoms with Crippen molar-refractivity contribution < 1.29 is 0 Å². The van der Waals surface area contributed by atoms with E-state index >= 15 is 0 Å². The smallest absolute Gasteiger partial charge is 0.0630 e. The zero-order valence-electron chi connectivity index (χ0n) is 12.3. The quantitative estimate of drug-likeness (QED) is 0.561. The highest BCUT2D eigenvalue weighted by atomic mass is 15.0. The molecule has 0 saturated carbocycles. The topological polar surface area (TPSA) is 24.1 Å². The Kier molecular flexibility index (Phi) is 2.49. The average Bonchev–Trinajstić information content (AvgIpc) is 2.62. The Morgan fingerprint density at radius 3 is 1.67 bits per heavy atom. The fraction of sp³-hybridized carbons (Fsp3) is 0.158. The van der Waals surface area contributed by atoms with Crippen molar-refractivity contribution in [3.8, 4) is 0 Å². The second-order valence-corrected chi connectivity index (χ2v) is 6.31. The van der Waals surface area contributed by atoms with Crippen molar-refractivity contribution in [2.75, 3.05) is 10.6 Å². The van der Waals surface area contributed by atoms with Crippen LogP contribution in [-0.4, -0.2) is 0 Å². The van der Waals surface area contributed by atoms with Crippen LogP contribution in [0.2, 0.25) is 0 Å². The summed E-state index contributed by atoms with van der Waals surface area (Å²) in [5.41, 5.74) is 7.12. The molecule has 1 heterocycles. The van der Waals surface area contributed by atoms with Crippen LogP contribution < -0.4 is 10.6 Å². The summed E-state index contributed by atoms with van der Waals surface area (Å²) in [6.07, 6.45) is 8.95. The molecule has 2 nitrogen and oxygen atoms in total. The number of hydrogen-bond acceptors (Lipinski definition) is 2. The molecule has 2 aromatic carbocycles. The molecule has 4 rings (SSSR count). The van der Waals surface area contributed by atoms with Crippen molar-refractivity contribution >= 4 is 34.9 Å². The molecule has 0 amide bonds. The van der Waals surface area contributed by atoms with Crippen LogP contribution in [0.4, 0.5) is 22.7 Å². The molecule has 0 unspecified atom stereocenters. The third-order valence-electron chi connectivity index (χ3n) is 4.07. The molecule has 1 aliphatic heterocycles. The average molecular weight is 274 g/mol. The van der Waals surface area contributed by atoms with Gasteiger partial charge in [0.1, 0.15) is 0 Å². The van der Waals surface area contributed by atoms with Crippen LogP contribution in [0.15, 0.2) is 48.6 Å². The first-order chi connectivity index (χ1) is 10.1. The number of allylic oxidation sites excluding steroid dienone is 2. The third-order valence-corrected chi connectivity index (χ3v) is 4.07. The molecule has 0 atom stereocenters. The number of benzene rings is 2. The fourth-order valence-electron chi connectivity index (χ4n) is 2.78. The summed E-state index contributed by atoms with van der Waals surface area (Å²) in [6, 6.07) is 12.7. The maximum Gasteiger partial charge on any atom is 0.0630 e. The largest absolute Gasteiger partial charge is 0.352 e. The van der Waals surface area contributed by atoms with Crippen molar-refractivity contribution in [3.05, 3.63) is 59.7 Å². The van der Waals surface area contributed by atoms with Crippen LogP contribution in [0.5, 0.6) is 0 Å². The van der Waals surface area contributed by atoms with Gasteiger partial charge in [0.05, 0.1) is 22.7 Å². The molecule has 0 radical (unpaired) electrons. The summed E-state index contributed by atoms with van der Waals surface area (Å²) in [4.78, 5) is 0. The molecule has 1 aliphatic carbocycles. The lowest BCUT2D eigenvalue weighted by Gasteiger charge is -2.24. The van der Waals surface area contributed by atoms with Crippen LogP contribution in [0.1, 0.15) is 25.0 Å². The van der Waals surface area contributed by atoms with Gasteiger partial charge < -0.3 is 10.6 Å². The molecule has 21 heavy (non-hydrogen) atoms. The van der Waals surface area contributed by atoms with Crippen molar-refractivity contribution in [2.24, 2.45) is 5.41 Å². The third kappa shape index (κ3) is 2.13. The van der Waals surface area contributed by atoms with E-state index in [0.717, 1.165) is 22.7 Å². The van der Waals surface area contributed by atoms with Gasteiger partial charge in [-0.05, 0) is 35.4 Å². The molecule has 0 saturated heterocycles. The Morgan fingerprint density at radius 2 is 1.19 bits per heavy atom. The fourth-order valence-corrected chi connectivity index (χ4v) is 2.78. The van der Waals surface area contributed by atoms with Gasteiger partial charge >= 0.3 is 0 Å². The van der Waals surface area contributed by atoms with Gasteiger partial charge in [0.15, 0.2) is 0 Å². The summed E-state index contributed by atoms with van der Waals surface area (Å²) in [5, 5.41) is 7.02. The lowest BCUT2D eigenvalue weighted by atomic mass is 9.93. The summed E-state index contributed by atoms with van der Waals surface area (Å²) < 4.78 is 0. The molecule has 2 aromatic rings. The molecule has 0 fully saturated rings. The number of para-hydroxylation sites is 2. The van der Waals surface area contributed by atoms with Gasteiger partial charge in [-0.2, -0.15) is 0 Å². The minimum Gasteiger partial charge on any atom is -0.352 e. The summed E-state index contributed by atoms with van der Waals surface area (Å²) in [6.45, 7) is 4.44. The van der Waals surface area contributed by atoms with Gasteiger partial charge in [0, 0.05) is 5.41 Å². The second kappa shape index (κ2) is 4.26. The van der Waals surface area contributed by atoms with Crippen molar-refractivity contribution in [3.63, 3.8) is 0 Å². The summed E-state index contributed by atoms with van der Waals surface area (Å²) >= 11 is 0. The molecule has 104 valence electrons. The lowest BCUT2D eigenvalue weighted by molar-refractivity contribution is 0.633. The summed E-state index contributed by atoms with van der Waals surface area (Å²) in [7, 11) is 0. The van der Waals surface area contributed by atoms with E-state index in [1.807, 2.05) is 12.1 Å². The first-order valence-electron chi connectivity index (χ1n) is 7.30. The Hall–Kier alpha value is -2.48. The zero-order chi connectivity index (χ0) is 14.4. The Balaban J connectivity index is 1.82. The van der Waals surface area contributed by atoms with E-state index in [2.05, 4.69) is 73.1 Å². The maximum atomic E-state index is 3.51. The van der Waals surface area contributed by atoms with Crippen LogP contribution >= 0.6 is 0 Å². The van der Waals surface area contributed by atoms with Gasteiger partial charge in [-0.1, -0.05) is 50.3 Å². The lowest BCUT2D eigenvalue weighted by Crippen LogP contribution is -2.06. The van der Waals surface area contributed by atoms with E-state index in [1.165, 1.54) is 11.1 Å². The van der Waals surface area contributed by atoms with E-state index in [-0.39, 0.29) is 5.41 Å². The Bertz CT molecular complexity index is 718. The van der Waals surface area contributed by atoms with Crippen molar-refractivity contribution in [1.29, 1.82) is 0 Å². The second-order valence-electron chi connectivity index (χ2n) is 6.31. The van der Waals surface area contributed by atoms with Gasteiger partial charge in [-0.25, -0.2) is 0 Å². The minimum atomic E-state index is 0.101. The molecule has 2 N–H and O–H groups in total. The maximum absolute atomic E-state index is 3.51. The molecule has 0 bridgehead atoms. The van der Waals surface area contributed by atoms with E-state index in [9.17, 15) is 0 Å². The molecular weight excluding hydrogens is 256 g/mol. The number of anilines is 4. The number of nitrogens with one attached hydrogen (secondary N) is 2. The standard InChI is InChI=1S/C19H18N2/c1-19(2)9-7-13-11-17-18(12-14(13)8-10-19)21-16-6-4-3-5-15(16)20-17/h3-12,20-21H,1-2H3. The van der Waals surface area contributed by atoms with E-state index in [4.69, 9.17) is 0 Å². The highest BCUT2D eigenvalue weighted by molar-refractivity contribution is 5.92. The highest BCUT2D eigenvalue weighted by Gasteiger charge is 2.18. The van der Waals surface area contributed by atoms with Crippen molar-refractivity contribution in [1.82, 2.24) is 0 Å². The van der Waals surface area contributed by atoms with Gasteiger partial charge in [-0.3, -0.25) is 0 Å². The van der Waals surface area contributed by atoms with E-state index < -0.39 is 0 Å². The van der Waals surface area contributed by atoms with Crippen LogP contribution in [-0.2, 0) is 0 Å². The minimum absolute atomic E-state index is 0.101. The predicted molar refractivity (Wildman–Crippen MR) is 91.3 cm³/mol. The van der Waals surface area contributed by atoms with Crippen molar-refractivity contribution in [2.45, 2.75) is 13.8 Å².